The van der Waals surface area contributed by atoms with Gasteiger partial charge in [0, 0.05) is 50.2 Å². The molecule has 1 saturated heterocycles. The summed E-state index contributed by atoms with van der Waals surface area (Å²) in [6.45, 7) is 0.576. The fraction of sp³-hybridized carbons (Fsp3) is 0.238. The fourth-order valence-corrected chi connectivity index (χ4v) is 5.06. The molecule has 2 aromatic carbocycles. The van der Waals surface area contributed by atoms with Crippen LogP contribution in [0.25, 0.3) is 5.69 Å². The molecule has 1 amide bonds. The van der Waals surface area contributed by atoms with E-state index in [2.05, 4.69) is 5.10 Å². The van der Waals surface area contributed by atoms with Crippen LogP contribution in [0, 0.1) is 10.1 Å². The number of aromatic nitrogens is 2. The maximum atomic E-state index is 13.0. The first kappa shape index (κ1) is 22.4. The number of nitrogens with zero attached hydrogens (tertiary/aromatic N) is 5. The highest BCUT2D eigenvalue weighted by Crippen LogP contribution is 2.31. The number of rotatable bonds is 6. The second-order valence-electron chi connectivity index (χ2n) is 7.28. The lowest BCUT2D eigenvalue weighted by Crippen LogP contribution is -2.50. The number of nitro benzene ring substituents is 1. The number of benzene rings is 2. The number of hydrogen-bond acceptors (Lipinski definition) is 7. The van der Waals surface area contributed by atoms with Crippen molar-refractivity contribution in [2.75, 3.05) is 33.3 Å². The quantitative estimate of drug-likeness (QED) is 0.397. The number of carbonyl (C=O) groups excluding carboxylic acids is 1. The van der Waals surface area contributed by atoms with Gasteiger partial charge in [-0.2, -0.15) is 9.40 Å². The molecule has 0 radical (unpaired) electrons. The van der Waals surface area contributed by atoms with Crippen LogP contribution in [-0.4, -0.2) is 71.5 Å². The van der Waals surface area contributed by atoms with Gasteiger partial charge in [-0.1, -0.05) is 0 Å². The van der Waals surface area contributed by atoms with E-state index in [1.54, 1.807) is 52.3 Å². The first-order valence-electron chi connectivity index (χ1n) is 10.0. The Bertz CT molecular complexity index is 1270. The normalized spacial score (nSPS) is 14.8. The Balaban J connectivity index is 1.44. The first-order valence-corrected chi connectivity index (χ1v) is 11.5. The minimum Gasteiger partial charge on any atom is -0.490 e. The van der Waals surface area contributed by atoms with Gasteiger partial charge >= 0.3 is 5.69 Å². The zero-order valence-electron chi connectivity index (χ0n) is 17.7. The number of sulfonamides is 1. The Morgan fingerprint density at radius 2 is 1.79 bits per heavy atom. The third-order valence-electron chi connectivity index (χ3n) is 5.39. The van der Waals surface area contributed by atoms with E-state index in [-0.39, 0.29) is 42.7 Å². The number of methoxy groups -OCH3 is 1. The molecular weight excluding hydrogens is 450 g/mol. The second-order valence-corrected chi connectivity index (χ2v) is 9.22. The summed E-state index contributed by atoms with van der Waals surface area (Å²) in [5, 5.41) is 15.4. The van der Waals surface area contributed by atoms with Crippen molar-refractivity contribution in [3.05, 3.63) is 76.6 Å². The molecule has 0 atom stereocenters. The lowest BCUT2D eigenvalue weighted by atomic mass is 10.1. The van der Waals surface area contributed by atoms with Gasteiger partial charge in [0.05, 0.1) is 22.6 Å². The van der Waals surface area contributed by atoms with Crippen LogP contribution in [0.2, 0.25) is 0 Å². The molecule has 3 aromatic rings. The Labute approximate surface area is 190 Å². The summed E-state index contributed by atoms with van der Waals surface area (Å²) >= 11 is 0. The molecule has 4 rings (SSSR count). The van der Waals surface area contributed by atoms with Gasteiger partial charge in [0.15, 0.2) is 5.75 Å². The molecule has 12 heteroatoms. The van der Waals surface area contributed by atoms with E-state index in [9.17, 15) is 23.3 Å². The third kappa shape index (κ3) is 4.43. The van der Waals surface area contributed by atoms with Crippen molar-refractivity contribution in [3.63, 3.8) is 0 Å². The Morgan fingerprint density at radius 3 is 2.36 bits per heavy atom. The van der Waals surface area contributed by atoms with Gasteiger partial charge in [-0.15, -0.1) is 0 Å². The number of ether oxygens (including phenoxy) is 1. The van der Waals surface area contributed by atoms with Crippen LogP contribution in [0.5, 0.6) is 5.75 Å². The number of hydrogen-bond donors (Lipinski definition) is 0. The number of carbonyl (C=O) groups is 1. The highest BCUT2D eigenvalue weighted by atomic mass is 32.2. The zero-order chi connectivity index (χ0) is 23.6. The van der Waals surface area contributed by atoms with Crippen molar-refractivity contribution in [2.24, 2.45) is 0 Å². The molecule has 2 heterocycles. The predicted molar refractivity (Wildman–Crippen MR) is 118 cm³/mol. The van der Waals surface area contributed by atoms with Gasteiger partial charge in [0.25, 0.3) is 5.91 Å². The summed E-state index contributed by atoms with van der Waals surface area (Å²) < 4.78 is 33.9. The van der Waals surface area contributed by atoms with E-state index in [0.717, 1.165) is 11.8 Å². The molecule has 1 aliphatic rings. The van der Waals surface area contributed by atoms with Crippen molar-refractivity contribution in [2.45, 2.75) is 4.90 Å². The van der Waals surface area contributed by atoms with E-state index >= 15 is 0 Å². The standard InChI is InChI=1S/C21H21N5O6S/c1-32-20-8-7-18(15-19(20)26(28)29)33(30,31)24-13-11-23(12-14-24)21(27)16-3-5-17(6-4-16)25-10-2-9-22-25/h2-10,15H,11-14H2,1H3. The molecule has 33 heavy (non-hydrogen) atoms. The van der Waals surface area contributed by atoms with Crippen LogP contribution in [0.15, 0.2) is 65.8 Å². The minimum absolute atomic E-state index is 0.0204. The Kier molecular flexibility index (Phi) is 6.11. The van der Waals surface area contributed by atoms with E-state index < -0.39 is 20.6 Å². The SMILES string of the molecule is COc1ccc(S(=O)(=O)N2CCN(C(=O)c3ccc(-n4cccn4)cc3)CC2)cc1[N+](=O)[O-]. The molecular formula is C21H21N5O6S. The van der Waals surface area contributed by atoms with Crippen molar-refractivity contribution in [3.8, 4) is 11.4 Å². The maximum Gasteiger partial charge on any atom is 0.312 e. The van der Waals surface area contributed by atoms with Crippen LogP contribution >= 0.6 is 0 Å². The van der Waals surface area contributed by atoms with E-state index in [1.807, 2.05) is 0 Å². The second kappa shape index (κ2) is 9.00. The average molecular weight is 471 g/mol. The topological polar surface area (TPSA) is 128 Å². The molecule has 0 unspecified atom stereocenters. The summed E-state index contributed by atoms with van der Waals surface area (Å²) in [5.74, 6) is -0.216. The van der Waals surface area contributed by atoms with Gasteiger partial charge < -0.3 is 9.64 Å². The summed E-state index contributed by atoms with van der Waals surface area (Å²) in [6, 6.07) is 12.3. The Morgan fingerprint density at radius 1 is 1.09 bits per heavy atom. The first-order chi connectivity index (χ1) is 15.8. The van der Waals surface area contributed by atoms with Gasteiger partial charge in [-0.05, 0) is 42.5 Å². The summed E-state index contributed by atoms with van der Waals surface area (Å²) in [5.41, 5.74) is 0.889. The molecule has 11 nitrogen and oxygen atoms in total. The number of amides is 1. The summed E-state index contributed by atoms with van der Waals surface area (Å²) in [7, 11) is -2.69. The molecule has 0 spiro atoms. The molecule has 0 saturated carbocycles. The summed E-state index contributed by atoms with van der Waals surface area (Å²) in [4.78, 5) is 24.8. The molecule has 1 aliphatic heterocycles. The lowest BCUT2D eigenvalue weighted by Gasteiger charge is -2.34. The summed E-state index contributed by atoms with van der Waals surface area (Å²) in [6.07, 6.45) is 3.46. The third-order valence-corrected chi connectivity index (χ3v) is 7.29. The molecule has 172 valence electrons. The van der Waals surface area contributed by atoms with Crippen molar-refractivity contribution in [1.29, 1.82) is 0 Å². The highest BCUT2D eigenvalue weighted by Gasteiger charge is 2.32. The Hall–Kier alpha value is -3.77. The van der Waals surface area contributed by atoms with E-state index in [1.165, 1.54) is 23.5 Å². The molecule has 0 N–H and O–H groups in total. The van der Waals surface area contributed by atoms with Crippen LogP contribution in [0.1, 0.15) is 10.4 Å². The van der Waals surface area contributed by atoms with Crippen molar-refractivity contribution >= 4 is 21.6 Å². The zero-order valence-corrected chi connectivity index (χ0v) is 18.5. The highest BCUT2D eigenvalue weighted by molar-refractivity contribution is 7.89. The minimum atomic E-state index is -3.96. The average Bonchev–Trinajstić information content (AvgIpc) is 3.38. The maximum absolute atomic E-state index is 13.0. The predicted octanol–water partition coefficient (Wildman–Crippen LogP) is 1.94. The van der Waals surface area contributed by atoms with Crippen LogP contribution in [0.4, 0.5) is 5.69 Å². The van der Waals surface area contributed by atoms with Crippen molar-refractivity contribution < 1.29 is 22.9 Å². The van der Waals surface area contributed by atoms with Gasteiger partial charge in [0.1, 0.15) is 0 Å². The molecule has 0 aliphatic carbocycles. The molecule has 1 fully saturated rings. The number of piperazine rings is 1. The van der Waals surface area contributed by atoms with Gasteiger partial charge in [-0.3, -0.25) is 14.9 Å². The van der Waals surface area contributed by atoms with Crippen LogP contribution in [0.3, 0.4) is 0 Å². The fourth-order valence-electron chi connectivity index (χ4n) is 3.61. The largest absolute Gasteiger partial charge is 0.490 e. The monoisotopic (exact) mass is 471 g/mol. The molecule has 1 aromatic heterocycles. The van der Waals surface area contributed by atoms with Gasteiger partial charge in [0.2, 0.25) is 10.0 Å². The molecule has 0 bridgehead atoms. The smallest absolute Gasteiger partial charge is 0.312 e. The van der Waals surface area contributed by atoms with Crippen LogP contribution < -0.4 is 4.74 Å². The van der Waals surface area contributed by atoms with E-state index in [4.69, 9.17) is 4.74 Å². The van der Waals surface area contributed by atoms with Crippen LogP contribution in [-0.2, 0) is 10.0 Å². The van der Waals surface area contributed by atoms with Gasteiger partial charge in [-0.25, -0.2) is 13.1 Å². The lowest BCUT2D eigenvalue weighted by molar-refractivity contribution is -0.386. The van der Waals surface area contributed by atoms with Crippen molar-refractivity contribution in [1.82, 2.24) is 19.0 Å². The van der Waals surface area contributed by atoms with E-state index in [0.29, 0.717) is 5.56 Å². The number of nitro groups is 1.